The molecule has 0 saturated heterocycles. The van der Waals surface area contributed by atoms with Crippen LogP contribution in [0.15, 0.2) is 216 Å². The van der Waals surface area contributed by atoms with Gasteiger partial charge < -0.3 is 28.4 Å². The Morgan fingerprint density at radius 1 is 0.393 bits per heavy atom. The monoisotopic (exact) mass is 1120 g/mol. The molecule has 84 heavy (non-hydrogen) atoms. The molecule has 14 heteroatoms. The van der Waals surface area contributed by atoms with Gasteiger partial charge in [-0.05, 0) is 157 Å². The van der Waals surface area contributed by atoms with Gasteiger partial charge in [-0.1, -0.05) is 110 Å². The summed E-state index contributed by atoms with van der Waals surface area (Å²) in [5, 5.41) is 20.2. The summed E-state index contributed by atoms with van der Waals surface area (Å²) < 4.78 is 34.4. The fraction of sp³-hybridized carbons (Fsp3) is 0.171. The molecular formula is C70H60N4O10. The zero-order valence-corrected chi connectivity index (χ0v) is 46.2. The summed E-state index contributed by atoms with van der Waals surface area (Å²) in [6, 6.07) is 52.6. The van der Waals surface area contributed by atoms with Gasteiger partial charge in [0.1, 0.15) is 34.4 Å². The Morgan fingerprint density at radius 2 is 0.786 bits per heavy atom. The lowest BCUT2D eigenvalue weighted by Gasteiger charge is -2.14. The van der Waals surface area contributed by atoms with Crippen molar-refractivity contribution in [2.75, 3.05) is 26.4 Å². The van der Waals surface area contributed by atoms with Crippen LogP contribution in [0, 0.1) is 0 Å². The summed E-state index contributed by atoms with van der Waals surface area (Å²) in [5.41, 5.74) is 10.9. The second-order valence-corrected chi connectivity index (χ2v) is 19.8. The van der Waals surface area contributed by atoms with Crippen molar-refractivity contribution < 1.29 is 47.6 Å². The fourth-order valence-corrected chi connectivity index (χ4v) is 9.97. The quantitative estimate of drug-likeness (QED) is 0.0127. The van der Waals surface area contributed by atoms with E-state index in [1.54, 1.807) is 85.2 Å². The number of nitrogens with zero attached hydrogens (tertiary/aromatic N) is 4. The van der Waals surface area contributed by atoms with Gasteiger partial charge in [-0.15, -0.1) is 10.2 Å². The van der Waals surface area contributed by atoms with Crippen LogP contribution in [0.5, 0.6) is 23.0 Å². The number of hydrogen-bond acceptors (Lipinski definition) is 14. The van der Waals surface area contributed by atoms with E-state index in [1.165, 1.54) is 0 Å². The largest absolute Gasteiger partial charge is 0.494 e. The highest BCUT2D eigenvalue weighted by Gasteiger charge is 2.26. The third-order valence-corrected chi connectivity index (χ3v) is 14.2. The molecule has 0 heterocycles. The van der Waals surface area contributed by atoms with Crippen molar-refractivity contribution in [3.63, 3.8) is 0 Å². The minimum absolute atomic E-state index is 0.160. The molecule has 0 aliphatic heterocycles. The topological polar surface area (TPSA) is 173 Å². The number of unbranched alkanes of at least 4 members (excludes halogenated alkanes) is 6. The van der Waals surface area contributed by atoms with E-state index in [0.717, 1.165) is 108 Å². The normalized spacial score (nSPS) is 11.8. The molecule has 0 saturated carbocycles. The van der Waals surface area contributed by atoms with Crippen LogP contribution in [0.2, 0.25) is 0 Å². The number of carbonyl (C=O) groups is 4. The Bertz CT molecular complexity index is 3790. The fourth-order valence-electron chi connectivity index (χ4n) is 9.97. The van der Waals surface area contributed by atoms with Crippen LogP contribution in [-0.2, 0) is 19.1 Å². The van der Waals surface area contributed by atoms with Gasteiger partial charge in [-0.3, -0.25) is 0 Å². The zero-order valence-electron chi connectivity index (χ0n) is 46.2. The Hall–Kier alpha value is -10.3. The van der Waals surface area contributed by atoms with Crippen molar-refractivity contribution >= 4 is 58.5 Å². The van der Waals surface area contributed by atoms with Gasteiger partial charge in [0, 0.05) is 45.5 Å². The standard InChI is InChI=1S/C70H60N4O10/c1-3-65(75)81-41-19-7-5-17-39-79-50-33-29-47(30-34-50)69(77)83-52-37-38-57-62(44-52)49(45-71-73-67-58-25-13-9-21-53(58)54-22-10-14-26-59(54)67)43-64(63(57)46-72-74-68-60-27-15-11-23-55(60)56-24-12-16-28-61(56)68)84-70(78)48-31-35-51(36-32-48)80-40-18-6-8-20-42-82-66(76)4-2/h3-4,9-16,21-38,43-46H,1-2,5-8,17-20,39-42H2/b71-45+,72-46+. The molecule has 14 nitrogen and oxygen atoms in total. The zero-order chi connectivity index (χ0) is 58.0. The highest BCUT2D eigenvalue weighted by atomic mass is 16.5. The summed E-state index contributed by atoms with van der Waals surface area (Å²) >= 11 is 0. The molecular weight excluding hydrogens is 1060 g/mol. The highest BCUT2D eigenvalue weighted by molar-refractivity contribution is 6.25. The molecule has 0 N–H and O–H groups in total. The van der Waals surface area contributed by atoms with Crippen molar-refractivity contribution in [2.45, 2.75) is 51.4 Å². The number of esters is 4. The Kier molecular flexibility index (Phi) is 18.9. The van der Waals surface area contributed by atoms with Crippen LogP contribution in [0.25, 0.3) is 33.0 Å². The van der Waals surface area contributed by atoms with Gasteiger partial charge >= 0.3 is 23.9 Å². The molecule has 0 bridgehead atoms. The average Bonchev–Trinajstić information content (AvgIpc) is 2.06. The van der Waals surface area contributed by atoms with Gasteiger partial charge in [0.15, 0.2) is 0 Å². The lowest BCUT2D eigenvalue weighted by atomic mass is 9.99. The van der Waals surface area contributed by atoms with E-state index < -0.39 is 23.9 Å². The lowest BCUT2D eigenvalue weighted by molar-refractivity contribution is -0.138. The van der Waals surface area contributed by atoms with E-state index in [9.17, 15) is 19.2 Å². The molecule has 0 aromatic heterocycles. The minimum atomic E-state index is -0.636. The second kappa shape index (κ2) is 27.9. The Labute approximate surface area is 487 Å². The first-order valence-electron chi connectivity index (χ1n) is 28.0. The van der Waals surface area contributed by atoms with Crippen LogP contribution >= 0.6 is 0 Å². The second-order valence-electron chi connectivity index (χ2n) is 19.8. The van der Waals surface area contributed by atoms with E-state index in [2.05, 4.69) is 37.4 Å². The number of rotatable bonds is 26. The van der Waals surface area contributed by atoms with Crippen LogP contribution < -0.4 is 18.9 Å². The van der Waals surface area contributed by atoms with Crippen molar-refractivity contribution in [3.8, 4) is 45.3 Å². The maximum Gasteiger partial charge on any atom is 0.343 e. The van der Waals surface area contributed by atoms with Crippen LogP contribution in [0.3, 0.4) is 0 Å². The molecule has 420 valence electrons. The lowest BCUT2D eigenvalue weighted by Crippen LogP contribution is -2.11. The molecule has 0 atom stereocenters. The van der Waals surface area contributed by atoms with Crippen molar-refractivity contribution in [3.05, 3.63) is 240 Å². The summed E-state index contributed by atoms with van der Waals surface area (Å²) in [6.07, 6.45) is 12.2. The van der Waals surface area contributed by atoms with Crippen LogP contribution in [0.1, 0.15) is 105 Å². The molecule has 8 aromatic carbocycles. The Balaban J connectivity index is 0.949. The van der Waals surface area contributed by atoms with Crippen LogP contribution in [-0.4, -0.2) is 74.2 Å². The van der Waals surface area contributed by atoms with Gasteiger partial charge in [-0.2, -0.15) is 10.2 Å². The van der Waals surface area contributed by atoms with E-state index in [0.29, 0.717) is 76.8 Å². The smallest absolute Gasteiger partial charge is 0.343 e. The maximum atomic E-state index is 14.3. The van der Waals surface area contributed by atoms with Crippen molar-refractivity contribution in [2.24, 2.45) is 20.4 Å². The third-order valence-electron chi connectivity index (χ3n) is 14.2. The number of ether oxygens (including phenoxy) is 6. The van der Waals surface area contributed by atoms with Crippen molar-refractivity contribution in [1.29, 1.82) is 0 Å². The Morgan fingerprint density at radius 3 is 1.23 bits per heavy atom. The van der Waals surface area contributed by atoms with Gasteiger partial charge in [0.25, 0.3) is 0 Å². The molecule has 2 aliphatic rings. The average molecular weight is 1120 g/mol. The summed E-state index contributed by atoms with van der Waals surface area (Å²) in [5.74, 6) is -0.465. The molecule has 8 aromatic rings. The molecule has 0 amide bonds. The molecule has 0 radical (unpaired) electrons. The summed E-state index contributed by atoms with van der Waals surface area (Å²) in [6.45, 7) is 8.49. The van der Waals surface area contributed by atoms with E-state index in [1.807, 2.05) is 72.8 Å². The maximum absolute atomic E-state index is 14.3. The predicted octanol–water partition coefficient (Wildman–Crippen LogP) is 14.3. The number of benzene rings is 8. The molecule has 10 rings (SSSR count). The van der Waals surface area contributed by atoms with E-state index in [-0.39, 0.29) is 17.1 Å². The number of fused-ring (bicyclic) bond motifs is 7. The van der Waals surface area contributed by atoms with Gasteiger partial charge in [0.05, 0.1) is 50.0 Å². The molecule has 0 spiro atoms. The molecule has 0 unspecified atom stereocenters. The molecule has 2 aliphatic carbocycles. The third kappa shape index (κ3) is 13.9. The van der Waals surface area contributed by atoms with Crippen molar-refractivity contribution in [1.82, 2.24) is 0 Å². The minimum Gasteiger partial charge on any atom is -0.494 e. The number of hydrogen-bond donors (Lipinski definition) is 0. The first kappa shape index (κ1) is 56.9. The molecule has 0 fully saturated rings. The van der Waals surface area contributed by atoms with Gasteiger partial charge in [0.2, 0.25) is 0 Å². The summed E-state index contributed by atoms with van der Waals surface area (Å²) in [7, 11) is 0. The van der Waals surface area contributed by atoms with Gasteiger partial charge in [-0.25, -0.2) is 19.2 Å². The number of carbonyl (C=O) groups excluding carboxylic acids is 4. The van der Waals surface area contributed by atoms with E-state index in [4.69, 9.17) is 48.8 Å². The first-order valence-corrected chi connectivity index (χ1v) is 28.0. The SMILES string of the molecule is C=CC(=O)OCCCCCCOc1ccc(C(=O)Oc2ccc3c(/C=N/N=C4c5ccccc5-c5ccccc54)c(OC(=O)c4ccc(OCCCCCCOC(=O)C=C)cc4)cc(/C=N/N=C4c5ccccc5-c5ccccc54)c3c2)cc1. The summed E-state index contributed by atoms with van der Waals surface area (Å²) in [4.78, 5) is 50.7. The van der Waals surface area contributed by atoms with Crippen LogP contribution in [0.4, 0.5) is 0 Å². The predicted molar refractivity (Wildman–Crippen MR) is 327 cm³/mol. The highest BCUT2D eigenvalue weighted by Crippen LogP contribution is 2.39. The first-order chi connectivity index (χ1) is 41.3. The van der Waals surface area contributed by atoms with E-state index >= 15 is 0 Å².